The first kappa shape index (κ1) is 13.4. The third kappa shape index (κ3) is 2.95. The van der Waals surface area contributed by atoms with Gasteiger partial charge >= 0.3 is 0 Å². The zero-order valence-electron chi connectivity index (χ0n) is 12.0. The summed E-state index contributed by atoms with van der Waals surface area (Å²) >= 11 is 0. The maximum absolute atomic E-state index is 3.82. The fourth-order valence-corrected chi connectivity index (χ4v) is 2.65. The van der Waals surface area contributed by atoms with Crippen molar-refractivity contribution in [2.45, 2.75) is 6.42 Å². The molecule has 0 bridgehead atoms. The molecule has 2 aromatic rings. The lowest BCUT2D eigenvalue weighted by Crippen LogP contribution is -1.90. The SMILES string of the molecule is C=CCC1=CC(=C(c2ccccc2)c2ccccc2)C=C1. The van der Waals surface area contributed by atoms with Crippen LogP contribution in [0, 0.1) is 0 Å². The van der Waals surface area contributed by atoms with Gasteiger partial charge in [0, 0.05) is 0 Å². The highest BCUT2D eigenvalue weighted by Gasteiger charge is 2.11. The molecule has 3 rings (SSSR count). The average Bonchev–Trinajstić information content (AvgIpc) is 2.98. The largest absolute Gasteiger partial charge is 0.103 e. The topological polar surface area (TPSA) is 0 Å². The van der Waals surface area contributed by atoms with Gasteiger partial charge in [0.1, 0.15) is 0 Å². The molecule has 0 atom stereocenters. The Bertz CT molecular complexity index is 672. The molecule has 0 saturated heterocycles. The van der Waals surface area contributed by atoms with Crippen LogP contribution in [0.5, 0.6) is 0 Å². The average molecular weight is 270 g/mol. The first-order chi connectivity index (χ1) is 10.4. The third-order valence-corrected chi connectivity index (χ3v) is 3.61. The van der Waals surface area contributed by atoms with Crippen molar-refractivity contribution in [3.05, 3.63) is 114 Å². The molecule has 102 valence electrons. The summed E-state index contributed by atoms with van der Waals surface area (Å²) in [4.78, 5) is 0. The molecule has 0 unspecified atom stereocenters. The molecule has 0 spiro atoms. The van der Waals surface area contributed by atoms with Crippen LogP contribution in [-0.4, -0.2) is 0 Å². The number of benzene rings is 2. The van der Waals surface area contributed by atoms with E-state index in [0.29, 0.717) is 0 Å². The molecule has 0 fully saturated rings. The molecule has 0 aromatic heterocycles. The summed E-state index contributed by atoms with van der Waals surface area (Å²) in [5, 5.41) is 0. The quantitative estimate of drug-likeness (QED) is 0.638. The molecule has 0 aliphatic heterocycles. The standard InChI is InChI=1S/C21H18/c1-2-9-17-14-15-20(16-17)21(18-10-5-3-6-11-18)19-12-7-4-8-13-19/h2-8,10-16H,1,9H2. The van der Waals surface area contributed by atoms with Gasteiger partial charge in [-0.05, 0) is 34.3 Å². The van der Waals surface area contributed by atoms with Crippen LogP contribution >= 0.6 is 0 Å². The van der Waals surface area contributed by atoms with Crippen LogP contribution in [0.25, 0.3) is 5.57 Å². The molecule has 0 nitrogen and oxygen atoms in total. The van der Waals surface area contributed by atoms with Crippen molar-refractivity contribution in [2.24, 2.45) is 0 Å². The zero-order chi connectivity index (χ0) is 14.5. The van der Waals surface area contributed by atoms with Crippen LogP contribution in [-0.2, 0) is 0 Å². The lowest BCUT2D eigenvalue weighted by molar-refractivity contribution is 1.31. The van der Waals surface area contributed by atoms with E-state index < -0.39 is 0 Å². The van der Waals surface area contributed by atoms with Crippen molar-refractivity contribution >= 4 is 5.57 Å². The van der Waals surface area contributed by atoms with Gasteiger partial charge in [0.05, 0.1) is 0 Å². The van der Waals surface area contributed by atoms with Gasteiger partial charge in [-0.1, -0.05) is 85.0 Å². The van der Waals surface area contributed by atoms with Crippen molar-refractivity contribution < 1.29 is 0 Å². The Labute approximate surface area is 126 Å². The van der Waals surface area contributed by atoms with Gasteiger partial charge in [0.2, 0.25) is 0 Å². The van der Waals surface area contributed by atoms with E-state index in [-0.39, 0.29) is 0 Å². The lowest BCUT2D eigenvalue weighted by atomic mass is 9.93. The van der Waals surface area contributed by atoms with E-state index in [1.165, 1.54) is 27.8 Å². The van der Waals surface area contributed by atoms with Gasteiger partial charge in [-0.25, -0.2) is 0 Å². The predicted molar refractivity (Wildman–Crippen MR) is 90.9 cm³/mol. The number of rotatable bonds is 4. The van der Waals surface area contributed by atoms with Gasteiger partial charge in [0.25, 0.3) is 0 Å². The van der Waals surface area contributed by atoms with E-state index in [1.807, 2.05) is 6.08 Å². The Hall–Kier alpha value is -2.60. The summed E-state index contributed by atoms with van der Waals surface area (Å²) < 4.78 is 0. The van der Waals surface area contributed by atoms with Crippen LogP contribution in [0.3, 0.4) is 0 Å². The molecule has 2 aromatic carbocycles. The Morgan fingerprint density at radius 3 is 1.90 bits per heavy atom. The van der Waals surface area contributed by atoms with Crippen molar-refractivity contribution in [1.82, 2.24) is 0 Å². The minimum absolute atomic E-state index is 0.914. The van der Waals surface area contributed by atoms with Crippen molar-refractivity contribution in [2.75, 3.05) is 0 Å². The molecular weight excluding hydrogens is 252 g/mol. The van der Waals surface area contributed by atoms with Crippen LogP contribution in [0.15, 0.2) is 103 Å². The summed E-state index contributed by atoms with van der Waals surface area (Å²) in [5.74, 6) is 0. The van der Waals surface area contributed by atoms with Crippen LogP contribution in [0.2, 0.25) is 0 Å². The Morgan fingerprint density at radius 2 is 1.38 bits per heavy atom. The molecule has 0 saturated carbocycles. The van der Waals surface area contributed by atoms with Crippen LogP contribution in [0.1, 0.15) is 17.5 Å². The molecule has 0 N–H and O–H groups in total. The number of allylic oxidation sites excluding steroid dienone is 6. The second-order valence-electron chi connectivity index (χ2n) is 5.11. The molecular formula is C21H18. The summed E-state index contributed by atoms with van der Waals surface area (Å²) in [7, 11) is 0. The molecule has 0 amide bonds. The van der Waals surface area contributed by atoms with E-state index in [4.69, 9.17) is 0 Å². The highest BCUT2D eigenvalue weighted by atomic mass is 14.2. The summed E-state index contributed by atoms with van der Waals surface area (Å²) in [6.45, 7) is 3.82. The van der Waals surface area contributed by atoms with Crippen molar-refractivity contribution in [3.63, 3.8) is 0 Å². The van der Waals surface area contributed by atoms with Crippen LogP contribution < -0.4 is 0 Å². The smallest absolute Gasteiger partial charge is 0.00388 e. The molecule has 0 radical (unpaired) electrons. The van der Waals surface area contributed by atoms with Gasteiger partial charge in [-0.15, -0.1) is 6.58 Å². The van der Waals surface area contributed by atoms with E-state index in [0.717, 1.165) is 6.42 Å². The van der Waals surface area contributed by atoms with Gasteiger partial charge in [0.15, 0.2) is 0 Å². The molecule has 0 heterocycles. The first-order valence-electron chi connectivity index (χ1n) is 7.23. The van der Waals surface area contributed by atoms with Gasteiger partial charge in [-0.2, -0.15) is 0 Å². The Kier molecular flexibility index (Phi) is 3.97. The van der Waals surface area contributed by atoms with Gasteiger partial charge < -0.3 is 0 Å². The zero-order valence-corrected chi connectivity index (χ0v) is 12.0. The maximum Gasteiger partial charge on any atom is -0.00388 e. The molecule has 21 heavy (non-hydrogen) atoms. The maximum atomic E-state index is 3.82. The van der Waals surface area contributed by atoms with Crippen LogP contribution in [0.4, 0.5) is 0 Å². The van der Waals surface area contributed by atoms with Gasteiger partial charge in [-0.3, -0.25) is 0 Å². The fraction of sp³-hybridized carbons (Fsp3) is 0.0476. The van der Waals surface area contributed by atoms with E-state index in [2.05, 4.69) is 85.5 Å². The van der Waals surface area contributed by atoms with E-state index in [9.17, 15) is 0 Å². The summed E-state index contributed by atoms with van der Waals surface area (Å²) in [6, 6.07) is 21.1. The predicted octanol–water partition coefficient (Wildman–Crippen LogP) is 5.56. The monoisotopic (exact) mass is 270 g/mol. The molecule has 1 aliphatic carbocycles. The normalized spacial score (nSPS) is 13.1. The second-order valence-corrected chi connectivity index (χ2v) is 5.11. The second kappa shape index (κ2) is 6.23. The highest BCUT2D eigenvalue weighted by Crippen LogP contribution is 2.31. The Morgan fingerprint density at radius 1 is 0.810 bits per heavy atom. The van der Waals surface area contributed by atoms with E-state index >= 15 is 0 Å². The van der Waals surface area contributed by atoms with E-state index in [1.54, 1.807) is 0 Å². The number of hydrogen-bond donors (Lipinski definition) is 0. The molecule has 0 heteroatoms. The molecule has 1 aliphatic rings. The summed E-state index contributed by atoms with van der Waals surface area (Å²) in [6.07, 6.45) is 9.51. The van der Waals surface area contributed by atoms with Crippen molar-refractivity contribution in [3.8, 4) is 0 Å². The van der Waals surface area contributed by atoms with Crippen molar-refractivity contribution in [1.29, 1.82) is 0 Å². The minimum atomic E-state index is 0.914. The minimum Gasteiger partial charge on any atom is -0.103 e. The Balaban J connectivity index is 2.15. The number of hydrogen-bond acceptors (Lipinski definition) is 0. The highest BCUT2D eigenvalue weighted by molar-refractivity contribution is 5.86. The lowest BCUT2D eigenvalue weighted by Gasteiger charge is -2.11. The fourth-order valence-electron chi connectivity index (χ4n) is 2.65. The first-order valence-corrected chi connectivity index (χ1v) is 7.23. The summed E-state index contributed by atoms with van der Waals surface area (Å²) in [5.41, 5.74) is 6.36. The third-order valence-electron chi connectivity index (χ3n) is 3.61.